The Labute approximate surface area is 282 Å². The monoisotopic (exact) mass is 660 g/mol. The smallest absolute Gasteiger partial charge is 0.336 e. The van der Waals surface area contributed by atoms with Gasteiger partial charge in [-0.3, -0.25) is 14.4 Å². The molecule has 266 valence electrons. The zero-order chi connectivity index (χ0) is 34.9. The van der Waals surface area contributed by atoms with Crippen LogP contribution in [0.5, 0.6) is 5.75 Å². The molecule has 10 nitrogen and oxygen atoms in total. The summed E-state index contributed by atoms with van der Waals surface area (Å²) in [5, 5.41) is 26.5. The van der Waals surface area contributed by atoms with Gasteiger partial charge in [-0.2, -0.15) is 0 Å². The highest BCUT2D eigenvalue weighted by Gasteiger charge is 2.47. The molecule has 0 aliphatic carbocycles. The van der Waals surface area contributed by atoms with Crippen LogP contribution in [0.15, 0.2) is 36.4 Å². The van der Waals surface area contributed by atoms with Gasteiger partial charge in [0.25, 0.3) is 0 Å². The Morgan fingerprint density at radius 2 is 1.47 bits per heavy atom. The molecular weight excluding hydrogens is 600 g/mol. The summed E-state index contributed by atoms with van der Waals surface area (Å²) in [5.74, 6) is -3.21. The third-order valence-electron chi connectivity index (χ3n) is 8.33. The van der Waals surface area contributed by atoms with Crippen molar-refractivity contribution in [3.63, 3.8) is 0 Å². The Morgan fingerprint density at radius 1 is 0.851 bits per heavy atom. The number of unbranched alkanes of at least 4 members (excludes halogenated alkanes) is 9. The van der Waals surface area contributed by atoms with Gasteiger partial charge >= 0.3 is 5.97 Å². The van der Waals surface area contributed by atoms with Gasteiger partial charge in [-0.1, -0.05) is 83.1 Å². The molecule has 0 spiro atoms. The van der Waals surface area contributed by atoms with E-state index in [1.165, 1.54) is 39.5 Å². The summed E-state index contributed by atoms with van der Waals surface area (Å²) in [4.78, 5) is 50.8. The maximum Gasteiger partial charge on any atom is 0.336 e. The number of carboxylic acids is 1. The molecule has 0 radical (unpaired) electrons. The number of amides is 2. The molecule has 0 aliphatic rings. The Hall–Kier alpha value is -3.24. The van der Waals surface area contributed by atoms with Crippen molar-refractivity contribution in [1.82, 2.24) is 10.6 Å². The lowest BCUT2D eigenvalue weighted by Gasteiger charge is -2.31. The molecule has 0 bridgehead atoms. The van der Waals surface area contributed by atoms with Gasteiger partial charge in [0.2, 0.25) is 11.8 Å². The molecule has 2 amide bonds. The molecule has 0 aromatic heterocycles. The molecule has 0 aliphatic heterocycles. The van der Waals surface area contributed by atoms with Crippen molar-refractivity contribution in [2.75, 3.05) is 27.4 Å². The van der Waals surface area contributed by atoms with Crippen molar-refractivity contribution in [3.05, 3.63) is 42.0 Å². The van der Waals surface area contributed by atoms with Crippen LogP contribution >= 0.6 is 0 Å². The van der Waals surface area contributed by atoms with E-state index in [1.807, 2.05) is 12.1 Å². The van der Waals surface area contributed by atoms with Gasteiger partial charge in [0, 0.05) is 46.4 Å². The Morgan fingerprint density at radius 3 is 2.04 bits per heavy atom. The first kappa shape index (κ1) is 41.8. The molecule has 1 rings (SSSR count). The maximum atomic E-state index is 13.6. The number of ketones is 1. The van der Waals surface area contributed by atoms with Gasteiger partial charge in [0.1, 0.15) is 17.6 Å². The summed E-state index contributed by atoms with van der Waals surface area (Å²) in [6.07, 6.45) is 15.9. The van der Waals surface area contributed by atoms with Gasteiger partial charge in [0.05, 0.1) is 12.5 Å². The van der Waals surface area contributed by atoms with Crippen molar-refractivity contribution in [3.8, 4) is 5.75 Å². The summed E-state index contributed by atoms with van der Waals surface area (Å²) in [6, 6.07) is 6.24. The number of allylic oxidation sites excluding steroid dienone is 1. The maximum absolute atomic E-state index is 13.6. The SMILES string of the molecule is CCCCCCCC(=O)CCCCCC/C=C/[C@H](C(=O)N[C@@H](Cc1ccc(OCCCC)cc1)C(=O)NC)[C@@](O)(CCOC)C(=O)O. The minimum Gasteiger partial charge on any atom is -0.494 e. The van der Waals surface area contributed by atoms with Crippen LogP contribution in [0.3, 0.4) is 0 Å². The summed E-state index contributed by atoms with van der Waals surface area (Å²) in [7, 11) is 2.84. The molecule has 0 saturated heterocycles. The lowest BCUT2D eigenvalue weighted by Crippen LogP contribution is -2.56. The number of carbonyl (C=O) groups is 4. The molecule has 1 aromatic rings. The number of carbonyl (C=O) groups excluding carboxylic acids is 3. The third-order valence-corrected chi connectivity index (χ3v) is 8.33. The van der Waals surface area contributed by atoms with Crippen LogP contribution in [-0.2, 0) is 30.3 Å². The number of methoxy groups -OCH3 is 1. The number of carboxylic acid groups (broad SMARTS) is 1. The minimum atomic E-state index is -2.45. The van der Waals surface area contributed by atoms with Crippen molar-refractivity contribution in [2.45, 2.75) is 128 Å². The number of likely N-dealkylation sites (N-methyl/N-ethyl adjacent to an activating group) is 1. The number of benzene rings is 1. The Kier molecular flexibility index (Phi) is 22.1. The average Bonchev–Trinajstić information content (AvgIpc) is 3.06. The number of hydrogen-bond acceptors (Lipinski definition) is 7. The number of rotatable bonds is 28. The number of hydrogen-bond donors (Lipinski definition) is 4. The molecule has 0 fully saturated rings. The Bertz CT molecular complexity index is 1070. The van der Waals surface area contributed by atoms with Crippen molar-refractivity contribution < 1.29 is 38.9 Å². The van der Waals surface area contributed by atoms with E-state index in [4.69, 9.17) is 9.47 Å². The van der Waals surface area contributed by atoms with Gasteiger partial charge in [-0.05, 0) is 49.8 Å². The number of aliphatic carboxylic acids is 1. The predicted octanol–water partition coefficient (Wildman–Crippen LogP) is 5.93. The molecule has 0 saturated carbocycles. The zero-order valence-electron chi connectivity index (χ0n) is 29.2. The van der Waals surface area contributed by atoms with E-state index in [0.717, 1.165) is 56.9 Å². The highest BCUT2D eigenvalue weighted by atomic mass is 16.5. The normalized spacial score (nSPS) is 13.9. The fourth-order valence-electron chi connectivity index (χ4n) is 5.27. The van der Waals surface area contributed by atoms with Gasteiger partial charge in [-0.25, -0.2) is 4.79 Å². The Balaban J connectivity index is 2.85. The van der Waals surface area contributed by atoms with Gasteiger partial charge < -0.3 is 30.3 Å². The molecule has 0 unspecified atom stereocenters. The summed E-state index contributed by atoms with van der Waals surface area (Å²) >= 11 is 0. The highest BCUT2D eigenvalue weighted by molar-refractivity contribution is 5.93. The molecule has 1 aromatic carbocycles. The summed E-state index contributed by atoms with van der Waals surface area (Å²) < 4.78 is 10.7. The predicted molar refractivity (Wildman–Crippen MR) is 184 cm³/mol. The van der Waals surface area contributed by atoms with E-state index in [2.05, 4.69) is 24.5 Å². The first-order valence-corrected chi connectivity index (χ1v) is 17.5. The second-order valence-corrected chi connectivity index (χ2v) is 12.3. The fraction of sp³-hybridized carbons (Fsp3) is 0.676. The quantitative estimate of drug-likeness (QED) is 0.0638. The van der Waals surface area contributed by atoms with Crippen LogP contribution in [0.1, 0.15) is 116 Å². The first-order chi connectivity index (χ1) is 22.6. The number of Topliss-reactive ketones (excluding diaryl/α,β-unsaturated/α-hetero) is 1. The van der Waals surface area contributed by atoms with Crippen LogP contribution in [-0.4, -0.2) is 72.8 Å². The van der Waals surface area contributed by atoms with Crippen LogP contribution < -0.4 is 15.4 Å². The minimum absolute atomic E-state index is 0.0799. The largest absolute Gasteiger partial charge is 0.494 e. The lowest BCUT2D eigenvalue weighted by atomic mass is 9.83. The molecule has 0 heterocycles. The summed E-state index contributed by atoms with van der Waals surface area (Å²) in [6.45, 7) is 4.79. The molecule has 4 N–H and O–H groups in total. The number of aliphatic hydroxyl groups is 1. The number of nitrogens with one attached hydrogen (secondary N) is 2. The second kappa shape index (κ2) is 24.9. The third kappa shape index (κ3) is 16.9. The van der Waals surface area contributed by atoms with Crippen molar-refractivity contribution in [2.24, 2.45) is 5.92 Å². The van der Waals surface area contributed by atoms with E-state index in [9.17, 15) is 29.4 Å². The van der Waals surface area contributed by atoms with E-state index in [1.54, 1.807) is 18.2 Å². The molecule has 3 atom stereocenters. The highest BCUT2D eigenvalue weighted by Crippen LogP contribution is 2.26. The van der Waals surface area contributed by atoms with Gasteiger partial charge in [0.15, 0.2) is 5.60 Å². The zero-order valence-corrected chi connectivity index (χ0v) is 29.2. The topological polar surface area (TPSA) is 151 Å². The van der Waals surface area contributed by atoms with Crippen LogP contribution in [0, 0.1) is 5.92 Å². The van der Waals surface area contributed by atoms with Crippen LogP contribution in [0.4, 0.5) is 0 Å². The molecular formula is C37H60N2O8. The second-order valence-electron chi connectivity index (χ2n) is 12.3. The first-order valence-electron chi connectivity index (χ1n) is 17.5. The van der Waals surface area contributed by atoms with E-state index in [0.29, 0.717) is 37.4 Å². The average molecular weight is 661 g/mol. The number of ether oxygens (including phenoxy) is 2. The summed E-state index contributed by atoms with van der Waals surface area (Å²) in [5.41, 5.74) is -1.67. The van der Waals surface area contributed by atoms with Crippen LogP contribution in [0.25, 0.3) is 0 Å². The fourth-order valence-corrected chi connectivity index (χ4v) is 5.27. The van der Waals surface area contributed by atoms with Crippen molar-refractivity contribution in [1.29, 1.82) is 0 Å². The molecule has 10 heteroatoms. The lowest BCUT2D eigenvalue weighted by molar-refractivity contribution is -0.168. The van der Waals surface area contributed by atoms with Gasteiger partial charge in [-0.15, -0.1) is 0 Å². The van der Waals surface area contributed by atoms with E-state index in [-0.39, 0.29) is 19.4 Å². The molecule has 47 heavy (non-hydrogen) atoms. The van der Waals surface area contributed by atoms with E-state index >= 15 is 0 Å². The standard InChI is InChI=1S/C37H60N2O8/c1-5-7-9-12-15-18-30(40)19-16-13-10-11-14-17-20-32(37(45,36(43)44)25-27-46-4)34(41)39-33(35(42)38-3)28-29-21-23-31(24-22-29)47-26-8-6-2/h17,20-24,32-33,45H,5-16,18-19,25-28H2,1-4H3,(H,38,42)(H,39,41)(H,43,44)/b20-17+/t32-,33+,37+/m1/s1. The van der Waals surface area contributed by atoms with Crippen LogP contribution in [0.2, 0.25) is 0 Å². The van der Waals surface area contributed by atoms with E-state index < -0.39 is 35.3 Å². The van der Waals surface area contributed by atoms with Crippen molar-refractivity contribution >= 4 is 23.6 Å².